The summed E-state index contributed by atoms with van der Waals surface area (Å²) in [6.45, 7) is 0.0955. The molecule has 92 valence electrons. The van der Waals surface area contributed by atoms with Gasteiger partial charge in [-0.25, -0.2) is 8.78 Å². The fourth-order valence-corrected chi connectivity index (χ4v) is 1.63. The zero-order chi connectivity index (χ0) is 12.4. The lowest BCUT2D eigenvalue weighted by molar-refractivity contribution is 0.0980. The molecule has 2 N–H and O–H groups in total. The van der Waals surface area contributed by atoms with Crippen LogP contribution in [0.4, 0.5) is 8.78 Å². The van der Waals surface area contributed by atoms with Gasteiger partial charge in [0, 0.05) is 12.0 Å². The number of nitrogens with two attached hydrogens (primary N) is 1. The van der Waals surface area contributed by atoms with Gasteiger partial charge in [-0.05, 0) is 18.7 Å². The fraction of sp³-hybridized carbons (Fsp3) is 0.364. The summed E-state index contributed by atoms with van der Waals surface area (Å²) in [5.74, 6) is 0.0905. The van der Waals surface area contributed by atoms with Crippen molar-refractivity contribution in [3.8, 4) is 11.5 Å². The van der Waals surface area contributed by atoms with E-state index in [4.69, 9.17) is 15.2 Å². The molecule has 1 aliphatic heterocycles. The van der Waals surface area contributed by atoms with Crippen LogP contribution in [0.3, 0.4) is 0 Å². The summed E-state index contributed by atoms with van der Waals surface area (Å²) in [5.41, 5.74) is 5.13. The molecule has 1 heterocycles. The molecular formula is C11H11F2NO3. The van der Waals surface area contributed by atoms with E-state index in [0.717, 1.165) is 6.07 Å². The van der Waals surface area contributed by atoms with E-state index in [1.807, 2.05) is 0 Å². The van der Waals surface area contributed by atoms with E-state index < -0.39 is 6.43 Å². The van der Waals surface area contributed by atoms with E-state index in [1.165, 1.54) is 6.07 Å². The first-order valence-corrected chi connectivity index (χ1v) is 5.08. The molecule has 0 bridgehead atoms. The number of ketones is 1. The first-order chi connectivity index (χ1) is 8.13. The maximum absolute atomic E-state index is 12.6. The molecule has 0 spiro atoms. The molecule has 6 heteroatoms. The Morgan fingerprint density at radius 2 is 2.18 bits per heavy atom. The molecular weight excluding hydrogens is 232 g/mol. The average Bonchev–Trinajstić information content (AvgIpc) is 2.75. The number of carbonyl (C=O) groups excluding carboxylic acids is 1. The normalized spacial score (nSPS) is 13.2. The Hall–Kier alpha value is -1.69. The number of halogens is 2. The minimum atomic E-state index is -2.66. The van der Waals surface area contributed by atoms with Crippen molar-refractivity contribution in [2.24, 2.45) is 5.73 Å². The van der Waals surface area contributed by atoms with Crippen molar-refractivity contribution in [1.82, 2.24) is 0 Å². The van der Waals surface area contributed by atoms with Crippen molar-refractivity contribution in [3.63, 3.8) is 0 Å². The Bertz CT molecular complexity index is 449. The highest BCUT2D eigenvalue weighted by molar-refractivity contribution is 6.00. The van der Waals surface area contributed by atoms with Crippen LogP contribution in [0.15, 0.2) is 12.1 Å². The summed E-state index contributed by atoms with van der Waals surface area (Å²) in [5, 5.41) is 0. The van der Waals surface area contributed by atoms with Crippen LogP contribution >= 0.6 is 0 Å². The SMILES string of the molecule is NCCC(=O)c1cc(C(F)F)cc2c1OCO2. The smallest absolute Gasteiger partial charge is 0.264 e. The van der Waals surface area contributed by atoms with Gasteiger partial charge >= 0.3 is 0 Å². The second-order valence-corrected chi connectivity index (χ2v) is 3.56. The molecule has 1 aliphatic rings. The molecule has 0 aliphatic carbocycles. The maximum atomic E-state index is 12.6. The lowest BCUT2D eigenvalue weighted by atomic mass is 10.0. The van der Waals surface area contributed by atoms with Crippen LogP contribution in [0.1, 0.15) is 28.8 Å². The first kappa shape index (κ1) is 11.8. The number of ether oxygens (including phenoxy) is 2. The highest BCUT2D eigenvalue weighted by Gasteiger charge is 2.25. The van der Waals surface area contributed by atoms with Gasteiger partial charge in [0.15, 0.2) is 17.3 Å². The predicted octanol–water partition coefficient (Wildman–Crippen LogP) is 1.88. The summed E-state index contributed by atoms with van der Waals surface area (Å²) in [7, 11) is 0. The van der Waals surface area contributed by atoms with E-state index in [0.29, 0.717) is 0 Å². The predicted molar refractivity (Wildman–Crippen MR) is 55.5 cm³/mol. The molecule has 0 atom stereocenters. The lowest BCUT2D eigenvalue weighted by Gasteiger charge is -2.07. The third kappa shape index (κ3) is 2.21. The fourth-order valence-electron chi connectivity index (χ4n) is 1.63. The summed E-state index contributed by atoms with van der Waals surface area (Å²) < 4.78 is 35.4. The highest BCUT2D eigenvalue weighted by atomic mass is 19.3. The van der Waals surface area contributed by atoms with Gasteiger partial charge < -0.3 is 15.2 Å². The third-order valence-electron chi connectivity index (χ3n) is 2.42. The van der Waals surface area contributed by atoms with Gasteiger partial charge in [-0.1, -0.05) is 0 Å². The van der Waals surface area contributed by atoms with Crippen LogP contribution in [0.25, 0.3) is 0 Å². The Morgan fingerprint density at radius 3 is 2.82 bits per heavy atom. The van der Waals surface area contributed by atoms with Gasteiger partial charge in [0.05, 0.1) is 5.56 Å². The maximum Gasteiger partial charge on any atom is 0.264 e. The van der Waals surface area contributed by atoms with Gasteiger partial charge in [0.25, 0.3) is 6.43 Å². The van der Waals surface area contributed by atoms with Crippen molar-refractivity contribution in [3.05, 3.63) is 23.3 Å². The molecule has 4 nitrogen and oxygen atoms in total. The van der Waals surface area contributed by atoms with Crippen molar-refractivity contribution in [1.29, 1.82) is 0 Å². The number of alkyl halides is 2. The van der Waals surface area contributed by atoms with Crippen LogP contribution < -0.4 is 15.2 Å². The van der Waals surface area contributed by atoms with Crippen molar-refractivity contribution < 1.29 is 23.0 Å². The lowest BCUT2D eigenvalue weighted by Crippen LogP contribution is -2.09. The number of benzene rings is 1. The quantitative estimate of drug-likeness (QED) is 0.820. The number of Topliss-reactive ketones (excluding diaryl/α,β-unsaturated/α-hetero) is 1. The molecule has 0 fully saturated rings. The Morgan fingerprint density at radius 1 is 1.41 bits per heavy atom. The molecule has 0 saturated heterocycles. The number of hydrogen-bond acceptors (Lipinski definition) is 4. The standard InChI is InChI=1S/C11H11F2NO3/c12-11(13)6-3-7(8(15)1-2-14)10-9(4-6)16-5-17-10/h3-4,11H,1-2,5,14H2. The minimum absolute atomic E-state index is 0.0646. The molecule has 2 rings (SSSR count). The topological polar surface area (TPSA) is 61.6 Å². The van der Waals surface area contributed by atoms with E-state index in [1.54, 1.807) is 0 Å². The first-order valence-electron chi connectivity index (χ1n) is 5.08. The molecule has 1 aromatic rings. The van der Waals surface area contributed by atoms with Crippen LogP contribution in [0.5, 0.6) is 11.5 Å². The molecule has 17 heavy (non-hydrogen) atoms. The largest absolute Gasteiger partial charge is 0.454 e. The molecule has 0 saturated carbocycles. The zero-order valence-corrected chi connectivity index (χ0v) is 8.91. The van der Waals surface area contributed by atoms with Crippen LogP contribution in [-0.4, -0.2) is 19.1 Å². The summed E-state index contributed by atoms with van der Waals surface area (Å²) in [6, 6.07) is 2.32. The van der Waals surface area contributed by atoms with Gasteiger partial charge in [0.1, 0.15) is 0 Å². The van der Waals surface area contributed by atoms with Gasteiger partial charge in [-0.15, -0.1) is 0 Å². The Labute approximate surface area is 96.3 Å². The summed E-state index contributed by atoms with van der Waals surface area (Å²) in [4.78, 5) is 11.7. The average molecular weight is 243 g/mol. The molecule has 0 amide bonds. The minimum Gasteiger partial charge on any atom is -0.454 e. The Balaban J connectivity index is 2.45. The van der Waals surface area contributed by atoms with Crippen molar-refractivity contribution in [2.45, 2.75) is 12.8 Å². The van der Waals surface area contributed by atoms with Crippen LogP contribution in [0.2, 0.25) is 0 Å². The number of hydrogen-bond donors (Lipinski definition) is 1. The van der Waals surface area contributed by atoms with Gasteiger partial charge in [0.2, 0.25) is 6.79 Å². The van der Waals surface area contributed by atoms with E-state index in [-0.39, 0.29) is 48.2 Å². The summed E-state index contributed by atoms with van der Waals surface area (Å²) >= 11 is 0. The summed E-state index contributed by atoms with van der Waals surface area (Å²) in [6.07, 6.45) is -2.57. The van der Waals surface area contributed by atoms with Crippen molar-refractivity contribution in [2.75, 3.05) is 13.3 Å². The molecule has 0 aromatic heterocycles. The van der Waals surface area contributed by atoms with Crippen molar-refractivity contribution >= 4 is 5.78 Å². The zero-order valence-electron chi connectivity index (χ0n) is 8.91. The monoisotopic (exact) mass is 243 g/mol. The molecule has 0 unspecified atom stereocenters. The molecule has 1 aromatic carbocycles. The van der Waals surface area contributed by atoms with Crippen LogP contribution in [0, 0.1) is 0 Å². The number of carbonyl (C=O) groups is 1. The van der Waals surface area contributed by atoms with Gasteiger partial charge in [-0.2, -0.15) is 0 Å². The third-order valence-corrected chi connectivity index (χ3v) is 2.42. The van der Waals surface area contributed by atoms with E-state index in [2.05, 4.69) is 0 Å². The Kier molecular flexibility index (Phi) is 3.23. The van der Waals surface area contributed by atoms with Gasteiger partial charge in [-0.3, -0.25) is 4.79 Å². The number of rotatable bonds is 4. The second-order valence-electron chi connectivity index (χ2n) is 3.56. The second kappa shape index (κ2) is 4.67. The molecule has 0 radical (unpaired) electrons. The number of fused-ring (bicyclic) bond motifs is 1. The van der Waals surface area contributed by atoms with E-state index >= 15 is 0 Å². The van der Waals surface area contributed by atoms with E-state index in [9.17, 15) is 13.6 Å². The van der Waals surface area contributed by atoms with Crippen LogP contribution in [-0.2, 0) is 0 Å². The highest BCUT2D eigenvalue weighted by Crippen LogP contribution is 2.39.